The summed E-state index contributed by atoms with van der Waals surface area (Å²) in [4.78, 5) is 2.53. The van der Waals surface area contributed by atoms with Crippen LogP contribution in [0.1, 0.15) is 31.2 Å². The van der Waals surface area contributed by atoms with Gasteiger partial charge < -0.3 is 5.32 Å². The molecule has 2 unspecified atom stereocenters. The summed E-state index contributed by atoms with van der Waals surface area (Å²) >= 11 is 7.11. The molecule has 2 bridgehead atoms. The van der Waals surface area contributed by atoms with Gasteiger partial charge in [-0.1, -0.05) is 6.07 Å². The van der Waals surface area contributed by atoms with Crippen LogP contribution in [0.15, 0.2) is 27.1 Å². The number of fused-ring (bicyclic) bond motifs is 2. The number of rotatable bonds is 3. The molecule has 0 amide bonds. The Morgan fingerprint density at radius 1 is 1.16 bits per heavy atom. The first-order valence-corrected chi connectivity index (χ1v) is 8.60. The molecule has 2 aliphatic rings. The fourth-order valence-electron chi connectivity index (χ4n) is 3.44. The number of piperidine rings is 1. The maximum atomic E-state index is 3.72. The number of hydrogen-bond donors (Lipinski definition) is 1. The van der Waals surface area contributed by atoms with Crippen molar-refractivity contribution >= 4 is 31.9 Å². The van der Waals surface area contributed by atoms with Gasteiger partial charge in [0.1, 0.15) is 0 Å². The molecule has 2 saturated heterocycles. The molecule has 0 aromatic heterocycles. The van der Waals surface area contributed by atoms with Crippen LogP contribution >= 0.6 is 31.9 Å². The van der Waals surface area contributed by atoms with Gasteiger partial charge in [0, 0.05) is 33.6 Å². The fourth-order valence-corrected chi connectivity index (χ4v) is 4.12. The van der Waals surface area contributed by atoms with Crippen molar-refractivity contribution in [1.82, 2.24) is 10.2 Å². The highest BCUT2D eigenvalue weighted by atomic mass is 79.9. The summed E-state index contributed by atoms with van der Waals surface area (Å²) in [5.41, 5.74) is 1.38. The van der Waals surface area contributed by atoms with E-state index in [1.807, 2.05) is 0 Å². The van der Waals surface area contributed by atoms with E-state index < -0.39 is 0 Å². The predicted octanol–water partition coefficient (Wildman–Crippen LogP) is 3.93. The number of hydrogen-bond acceptors (Lipinski definition) is 2. The molecule has 2 heterocycles. The van der Waals surface area contributed by atoms with Crippen molar-refractivity contribution in [2.75, 3.05) is 7.05 Å². The van der Waals surface area contributed by atoms with Crippen molar-refractivity contribution in [3.8, 4) is 0 Å². The van der Waals surface area contributed by atoms with Gasteiger partial charge in [-0.2, -0.15) is 0 Å². The highest BCUT2D eigenvalue weighted by molar-refractivity contribution is 9.13. The Balaban J connectivity index is 1.64. The van der Waals surface area contributed by atoms with E-state index in [0.717, 1.165) is 33.6 Å². The van der Waals surface area contributed by atoms with Crippen LogP contribution in [0.5, 0.6) is 0 Å². The smallest absolute Gasteiger partial charge is 0.0320 e. The molecular weight excluding hydrogens is 368 g/mol. The first-order valence-electron chi connectivity index (χ1n) is 7.02. The standard InChI is InChI=1S/C15H20Br2N2/c1-19(9-10-2-5-14(16)15(17)6-10)13-7-11-3-4-12(8-13)18-11/h2,5-6,11-13,18H,3-4,7-9H2,1H3. The van der Waals surface area contributed by atoms with E-state index in [0.29, 0.717) is 0 Å². The van der Waals surface area contributed by atoms with Gasteiger partial charge in [-0.3, -0.25) is 4.90 Å². The zero-order valence-corrected chi connectivity index (χ0v) is 14.4. The number of nitrogens with zero attached hydrogens (tertiary/aromatic N) is 1. The molecule has 1 aromatic rings. The highest BCUT2D eigenvalue weighted by Crippen LogP contribution is 2.30. The fraction of sp³-hybridized carbons (Fsp3) is 0.600. The van der Waals surface area contributed by atoms with E-state index in [-0.39, 0.29) is 0 Å². The molecule has 2 atom stereocenters. The van der Waals surface area contributed by atoms with Crippen LogP contribution in [0.2, 0.25) is 0 Å². The summed E-state index contributed by atoms with van der Waals surface area (Å²) in [5, 5.41) is 3.72. The first-order chi connectivity index (χ1) is 9.11. The van der Waals surface area contributed by atoms with Crippen molar-refractivity contribution in [1.29, 1.82) is 0 Å². The SMILES string of the molecule is CN(Cc1ccc(Br)c(Br)c1)C1CC2CCC(C1)N2. The van der Waals surface area contributed by atoms with Crippen molar-refractivity contribution in [3.63, 3.8) is 0 Å². The van der Waals surface area contributed by atoms with Crippen LogP contribution in [-0.4, -0.2) is 30.1 Å². The molecule has 0 radical (unpaired) electrons. The van der Waals surface area contributed by atoms with Crippen molar-refractivity contribution in [3.05, 3.63) is 32.7 Å². The second kappa shape index (κ2) is 5.84. The normalized spacial score (nSPS) is 30.0. The molecule has 2 fully saturated rings. The monoisotopic (exact) mass is 386 g/mol. The van der Waals surface area contributed by atoms with Crippen LogP contribution in [-0.2, 0) is 6.54 Å². The zero-order chi connectivity index (χ0) is 13.4. The Bertz CT molecular complexity index is 451. The van der Waals surface area contributed by atoms with Crippen molar-refractivity contribution in [2.45, 2.75) is 50.4 Å². The molecule has 0 saturated carbocycles. The van der Waals surface area contributed by atoms with Gasteiger partial charge in [-0.05, 0) is 82.3 Å². The topological polar surface area (TPSA) is 15.3 Å². The van der Waals surface area contributed by atoms with Gasteiger partial charge >= 0.3 is 0 Å². The lowest BCUT2D eigenvalue weighted by Crippen LogP contribution is -2.46. The molecule has 19 heavy (non-hydrogen) atoms. The average Bonchev–Trinajstić information content (AvgIpc) is 2.72. The third-order valence-corrected chi connectivity index (χ3v) is 6.37. The highest BCUT2D eigenvalue weighted by Gasteiger charge is 2.34. The summed E-state index contributed by atoms with van der Waals surface area (Å²) < 4.78 is 2.27. The molecule has 0 aliphatic carbocycles. The minimum Gasteiger partial charge on any atom is -0.311 e. The lowest BCUT2D eigenvalue weighted by atomic mass is 9.98. The predicted molar refractivity (Wildman–Crippen MR) is 86.3 cm³/mol. The van der Waals surface area contributed by atoms with Crippen LogP contribution in [0.25, 0.3) is 0 Å². The largest absolute Gasteiger partial charge is 0.311 e. The van der Waals surface area contributed by atoms with Crippen LogP contribution < -0.4 is 5.32 Å². The third-order valence-electron chi connectivity index (χ3n) is 4.49. The third kappa shape index (κ3) is 3.23. The summed E-state index contributed by atoms with van der Waals surface area (Å²) in [5.74, 6) is 0. The minimum atomic E-state index is 0.737. The summed E-state index contributed by atoms with van der Waals surface area (Å²) in [6.45, 7) is 1.04. The Morgan fingerprint density at radius 2 is 1.84 bits per heavy atom. The van der Waals surface area contributed by atoms with Gasteiger partial charge in [0.2, 0.25) is 0 Å². The lowest BCUT2D eigenvalue weighted by molar-refractivity contribution is 0.166. The number of halogens is 2. The molecular formula is C15H20Br2N2. The second-order valence-electron chi connectivity index (χ2n) is 5.93. The van der Waals surface area contributed by atoms with Gasteiger partial charge in [-0.15, -0.1) is 0 Å². The number of nitrogens with one attached hydrogen (secondary N) is 1. The molecule has 0 spiro atoms. The quantitative estimate of drug-likeness (QED) is 0.845. The molecule has 1 N–H and O–H groups in total. The molecule has 3 rings (SSSR count). The van der Waals surface area contributed by atoms with Gasteiger partial charge in [0.25, 0.3) is 0 Å². The Hall–Kier alpha value is 0.1000. The summed E-state index contributed by atoms with van der Waals surface area (Å²) in [7, 11) is 2.27. The lowest BCUT2D eigenvalue weighted by Gasteiger charge is -2.35. The van der Waals surface area contributed by atoms with Crippen molar-refractivity contribution in [2.24, 2.45) is 0 Å². The van der Waals surface area contributed by atoms with Gasteiger partial charge in [-0.25, -0.2) is 0 Å². The van der Waals surface area contributed by atoms with Crippen LogP contribution in [0.3, 0.4) is 0 Å². The van der Waals surface area contributed by atoms with E-state index in [4.69, 9.17) is 0 Å². The second-order valence-corrected chi connectivity index (χ2v) is 7.64. The maximum Gasteiger partial charge on any atom is 0.0320 e. The molecule has 1 aromatic carbocycles. The number of benzene rings is 1. The molecule has 2 nitrogen and oxygen atoms in total. The maximum absolute atomic E-state index is 3.72. The van der Waals surface area contributed by atoms with Gasteiger partial charge in [0.05, 0.1) is 0 Å². The van der Waals surface area contributed by atoms with E-state index in [9.17, 15) is 0 Å². The Kier molecular flexibility index (Phi) is 4.32. The Labute approximate surface area is 132 Å². The minimum absolute atomic E-state index is 0.737. The Morgan fingerprint density at radius 3 is 2.47 bits per heavy atom. The average molecular weight is 388 g/mol. The molecule has 2 aliphatic heterocycles. The van der Waals surface area contributed by atoms with Crippen LogP contribution in [0, 0.1) is 0 Å². The summed E-state index contributed by atoms with van der Waals surface area (Å²) in [6.07, 6.45) is 5.37. The zero-order valence-electron chi connectivity index (χ0n) is 11.2. The van der Waals surface area contributed by atoms with E-state index in [2.05, 4.69) is 67.3 Å². The molecule has 104 valence electrons. The van der Waals surface area contributed by atoms with Crippen LogP contribution in [0.4, 0.5) is 0 Å². The van der Waals surface area contributed by atoms with E-state index in [1.54, 1.807) is 0 Å². The van der Waals surface area contributed by atoms with E-state index in [1.165, 1.54) is 31.2 Å². The summed E-state index contributed by atoms with van der Waals surface area (Å²) in [6, 6.07) is 8.82. The van der Waals surface area contributed by atoms with E-state index >= 15 is 0 Å². The molecule has 4 heteroatoms. The van der Waals surface area contributed by atoms with Gasteiger partial charge in [0.15, 0.2) is 0 Å². The first kappa shape index (κ1) is 14.1. The van der Waals surface area contributed by atoms with Crippen molar-refractivity contribution < 1.29 is 0 Å².